The van der Waals surface area contributed by atoms with Gasteiger partial charge in [-0.05, 0) is 68.5 Å². The summed E-state index contributed by atoms with van der Waals surface area (Å²) in [6, 6.07) is 9.32. The second-order valence-corrected chi connectivity index (χ2v) is 8.63. The van der Waals surface area contributed by atoms with Crippen molar-refractivity contribution >= 4 is 5.91 Å². The summed E-state index contributed by atoms with van der Waals surface area (Å²) in [6.45, 7) is 4.02. The second kappa shape index (κ2) is 9.39. The minimum absolute atomic E-state index is 0.202. The van der Waals surface area contributed by atoms with Crippen LogP contribution in [0, 0.1) is 0 Å². The monoisotopic (exact) mass is 431 g/mol. The van der Waals surface area contributed by atoms with Crippen LogP contribution in [0.1, 0.15) is 54.0 Å². The molecule has 4 rings (SSSR count). The lowest BCUT2D eigenvalue weighted by Gasteiger charge is -2.33. The van der Waals surface area contributed by atoms with Crippen LogP contribution in [0.4, 0.5) is 13.2 Å². The molecule has 0 bridgehead atoms. The molecule has 1 amide bonds. The van der Waals surface area contributed by atoms with Crippen molar-refractivity contribution in [1.29, 1.82) is 0 Å². The fraction of sp³-hybridized carbons (Fsp3) is 0.500. The first-order valence-corrected chi connectivity index (χ1v) is 11.0. The van der Waals surface area contributed by atoms with Crippen molar-refractivity contribution in [3.05, 3.63) is 65.0 Å². The Hall–Kier alpha value is -2.41. The number of pyridine rings is 1. The van der Waals surface area contributed by atoms with Crippen molar-refractivity contribution in [3.8, 4) is 0 Å². The third-order valence-electron chi connectivity index (χ3n) is 6.26. The number of piperidine rings is 1. The van der Waals surface area contributed by atoms with Crippen LogP contribution in [-0.2, 0) is 17.4 Å². The molecule has 3 heterocycles. The lowest BCUT2D eigenvalue weighted by molar-refractivity contribution is -0.137. The molecule has 2 fully saturated rings. The van der Waals surface area contributed by atoms with Gasteiger partial charge in [0.15, 0.2) is 0 Å². The number of hydrogen-bond donors (Lipinski definition) is 0. The van der Waals surface area contributed by atoms with E-state index in [4.69, 9.17) is 0 Å². The summed E-state index contributed by atoms with van der Waals surface area (Å²) in [7, 11) is 0. The Kier molecular flexibility index (Phi) is 6.60. The summed E-state index contributed by atoms with van der Waals surface area (Å²) >= 11 is 0. The van der Waals surface area contributed by atoms with Gasteiger partial charge in [0.25, 0.3) is 0 Å². The van der Waals surface area contributed by atoms with Crippen LogP contribution in [0.15, 0.2) is 42.6 Å². The molecule has 0 N–H and O–H groups in total. The molecular weight excluding hydrogens is 403 g/mol. The van der Waals surface area contributed by atoms with Crippen molar-refractivity contribution in [3.63, 3.8) is 0 Å². The van der Waals surface area contributed by atoms with Crippen molar-refractivity contribution in [2.75, 3.05) is 32.7 Å². The number of carbonyl (C=O) groups is 1. The quantitative estimate of drug-likeness (QED) is 0.700. The first-order valence-electron chi connectivity index (χ1n) is 11.0. The predicted octanol–water partition coefficient (Wildman–Crippen LogP) is 4.49. The average Bonchev–Trinajstić information content (AvgIpc) is 3.27. The first-order chi connectivity index (χ1) is 14.9. The largest absolute Gasteiger partial charge is 0.416 e. The number of amides is 1. The third-order valence-corrected chi connectivity index (χ3v) is 6.26. The molecule has 2 aromatic rings. The maximum absolute atomic E-state index is 12.9. The van der Waals surface area contributed by atoms with Gasteiger partial charge in [0, 0.05) is 30.9 Å². The highest BCUT2D eigenvalue weighted by Crippen LogP contribution is 2.30. The number of likely N-dealkylation sites (tertiary alicyclic amines) is 2. The summed E-state index contributed by atoms with van der Waals surface area (Å²) in [5.41, 5.74) is 1.81. The van der Waals surface area contributed by atoms with E-state index in [1.807, 2.05) is 17.0 Å². The van der Waals surface area contributed by atoms with Gasteiger partial charge in [-0.1, -0.05) is 24.3 Å². The minimum atomic E-state index is -4.34. The molecule has 2 saturated heterocycles. The van der Waals surface area contributed by atoms with E-state index < -0.39 is 11.7 Å². The highest BCUT2D eigenvalue weighted by Gasteiger charge is 2.30. The van der Waals surface area contributed by atoms with Gasteiger partial charge in [0.2, 0.25) is 5.91 Å². The van der Waals surface area contributed by atoms with Crippen LogP contribution in [0.5, 0.6) is 0 Å². The normalized spacial score (nSPS) is 20.2. The zero-order valence-electron chi connectivity index (χ0n) is 17.6. The van der Waals surface area contributed by atoms with Crippen LogP contribution < -0.4 is 0 Å². The summed E-state index contributed by atoms with van der Waals surface area (Å²) < 4.78 is 38.8. The Morgan fingerprint density at radius 1 is 1.03 bits per heavy atom. The summed E-state index contributed by atoms with van der Waals surface area (Å²) in [4.78, 5) is 21.5. The zero-order valence-corrected chi connectivity index (χ0v) is 17.6. The van der Waals surface area contributed by atoms with Gasteiger partial charge in [0.05, 0.1) is 12.1 Å². The average molecular weight is 432 g/mol. The maximum Gasteiger partial charge on any atom is 0.416 e. The molecule has 31 heavy (non-hydrogen) atoms. The minimum Gasteiger partial charge on any atom is -0.341 e. The topological polar surface area (TPSA) is 36.4 Å². The van der Waals surface area contributed by atoms with Gasteiger partial charge in [0.1, 0.15) is 0 Å². The summed E-state index contributed by atoms with van der Waals surface area (Å²) in [6.07, 6.45) is 2.12. The fourth-order valence-corrected chi connectivity index (χ4v) is 4.55. The van der Waals surface area contributed by atoms with Crippen LogP contribution in [-0.4, -0.2) is 53.4 Å². The third kappa shape index (κ3) is 5.64. The number of carbonyl (C=O) groups excluding carboxylic acids is 1. The first kappa shape index (κ1) is 21.8. The number of alkyl halides is 3. The number of aromatic nitrogens is 1. The van der Waals surface area contributed by atoms with E-state index in [0.717, 1.165) is 49.8 Å². The van der Waals surface area contributed by atoms with E-state index in [-0.39, 0.29) is 11.8 Å². The smallest absolute Gasteiger partial charge is 0.341 e. The van der Waals surface area contributed by atoms with E-state index in [1.165, 1.54) is 25.0 Å². The molecule has 0 aliphatic carbocycles. The molecule has 1 atom stereocenters. The van der Waals surface area contributed by atoms with E-state index in [9.17, 15) is 18.0 Å². The van der Waals surface area contributed by atoms with Gasteiger partial charge >= 0.3 is 6.18 Å². The number of hydrogen-bond acceptors (Lipinski definition) is 3. The Labute approximate surface area is 181 Å². The van der Waals surface area contributed by atoms with Crippen molar-refractivity contribution in [2.45, 2.75) is 44.2 Å². The molecule has 0 saturated carbocycles. The molecule has 166 valence electrons. The molecule has 1 aromatic heterocycles. The van der Waals surface area contributed by atoms with E-state index in [1.54, 1.807) is 12.3 Å². The Balaban J connectivity index is 1.37. The number of rotatable bonds is 5. The van der Waals surface area contributed by atoms with Crippen molar-refractivity contribution in [1.82, 2.24) is 14.8 Å². The standard InChI is InChI=1S/C24H28F3N3O/c25-24(26,27)21-7-3-5-18(14-21)13-19-8-9-22(28-15-19)20-6-4-12-30(16-20)23(31)17-29-10-1-2-11-29/h3,5,7-9,14-15,20H,1-2,4,6,10-13,16-17H2/t20-/m1/s1. The molecule has 0 spiro atoms. The number of benzene rings is 1. The van der Waals surface area contributed by atoms with Gasteiger partial charge in [-0.2, -0.15) is 13.2 Å². The Morgan fingerprint density at radius 2 is 1.84 bits per heavy atom. The Morgan fingerprint density at radius 3 is 2.55 bits per heavy atom. The molecule has 0 unspecified atom stereocenters. The Bertz CT molecular complexity index is 892. The molecule has 0 radical (unpaired) electrons. The van der Waals surface area contributed by atoms with Gasteiger partial charge < -0.3 is 4.90 Å². The zero-order chi connectivity index (χ0) is 21.8. The summed E-state index contributed by atoms with van der Waals surface area (Å²) in [5, 5.41) is 0. The number of halogens is 3. The number of nitrogens with zero attached hydrogens (tertiary/aromatic N) is 3. The fourth-order valence-electron chi connectivity index (χ4n) is 4.55. The van der Waals surface area contributed by atoms with E-state index >= 15 is 0 Å². The van der Waals surface area contributed by atoms with Crippen LogP contribution >= 0.6 is 0 Å². The SMILES string of the molecule is O=C(CN1CCCC1)N1CCC[C@@H](c2ccc(Cc3cccc(C(F)(F)F)c3)cn2)C1. The maximum atomic E-state index is 12.9. The van der Waals surface area contributed by atoms with Crippen molar-refractivity contribution in [2.24, 2.45) is 0 Å². The molecule has 7 heteroatoms. The predicted molar refractivity (Wildman–Crippen MR) is 113 cm³/mol. The van der Waals surface area contributed by atoms with E-state index in [0.29, 0.717) is 25.1 Å². The summed E-state index contributed by atoms with van der Waals surface area (Å²) in [5.74, 6) is 0.409. The van der Waals surface area contributed by atoms with Crippen LogP contribution in [0.25, 0.3) is 0 Å². The van der Waals surface area contributed by atoms with Crippen LogP contribution in [0.2, 0.25) is 0 Å². The molecule has 1 aromatic carbocycles. The van der Waals surface area contributed by atoms with E-state index in [2.05, 4.69) is 9.88 Å². The molecule has 2 aliphatic rings. The highest BCUT2D eigenvalue weighted by atomic mass is 19.4. The molecular formula is C24H28F3N3O. The van der Waals surface area contributed by atoms with Crippen molar-refractivity contribution < 1.29 is 18.0 Å². The van der Waals surface area contributed by atoms with Gasteiger partial charge in [-0.15, -0.1) is 0 Å². The molecule has 2 aliphatic heterocycles. The highest BCUT2D eigenvalue weighted by molar-refractivity contribution is 5.78. The second-order valence-electron chi connectivity index (χ2n) is 8.63. The van der Waals surface area contributed by atoms with Crippen LogP contribution in [0.3, 0.4) is 0 Å². The van der Waals surface area contributed by atoms with Gasteiger partial charge in [-0.25, -0.2) is 0 Å². The van der Waals surface area contributed by atoms with Gasteiger partial charge in [-0.3, -0.25) is 14.7 Å². The molecule has 4 nitrogen and oxygen atoms in total. The lowest BCUT2D eigenvalue weighted by Crippen LogP contribution is -2.44. The lowest BCUT2D eigenvalue weighted by atomic mass is 9.93.